The lowest BCUT2D eigenvalue weighted by atomic mass is 9.92. The second-order valence-corrected chi connectivity index (χ2v) is 5.24. The van der Waals surface area contributed by atoms with Gasteiger partial charge in [-0.15, -0.1) is 0 Å². The predicted molar refractivity (Wildman–Crippen MR) is 67.4 cm³/mol. The summed E-state index contributed by atoms with van der Waals surface area (Å²) in [4.78, 5) is 0. The van der Waals surface area contributed by atoms with Crippen LogP contribution in [0.3, 0.4) is 0 Å². The first-order valence-electron chi connectivity index (χ1n) is 6.26. The van der Waals surface area contributed by atoms with Crippen LogP contribution in [0.1, 0.15) is 43.4 Å². The number of nitrogens with two attached hydrogens (primary N) is 1. The minimum Gasteiger partial charge on any atom is -0.330 e. The second kappa shape index (κ2) is 5.90. The zero-order chi connectivity index (χ0) is 14.8. The quantitative estimate of drug-likeness (QED) is 0.824. The number of rotatable bonds is 4. The molecule has 0 spiro atoms. The van der Waals surface area contributed by atoms with Crippen molar-refractivity contribution in [1.29, 1.82) is 0 Å². The highest BCUT2D eigenvalue weighted by Gasteiger charge is 2.35. The molecule has 1 aromatic carbocycles. The van der Waals surface area contributed by atoms with E-state index in [1.165, 1.54) is 6.07 Å². The molecule has 0 radical (unpaired) electrons. The van der Waals surface area contributed by atoms with E-state index >= 15 is 0 Å². The molecular formula is C14H19F4N. The van der Waals surface area contributed by atoms with Crippen LogP contribution in [-0.2, 0) is 12.6 Å². The summed E-state index contributed by atoms with van der Waals surface area (Å²) in [6.45, 7) is 5.59. The highest BCUT2D eigenvalue weighted by atomic mass is 19.4. The Bertz CT molecular complexity index is 438. The van der Waals surface area contributed by atoms with Gasteiger partial charge in [0, 0.05) is 0 Å². The summed E-state index contributed by atoms with van der Waals surface area (Å²) in [5, 5.41) is 0. The van der Waals surface area contributed by atoms with E-state index in [-0.39, 0.29) is 17.4 Å². The van der Waals surface area contributed by atoms with Crippen molar-refractivity contribution in [2.75, 3.05) is 6.54 Å². The van der Waals surface area contributed by atoms with Crippen molar-refractivity contribution in [3.63, 3.8) is 0 Å². The van der Waals surface area contributed by atoms with Crippen molar-refractivity contribution in [3.8, 4) is 0 Å². The van der Waals surface area contributed by atoms with Gasteiger partial charge >= 0.3 is 6.18 Å². The third-order valence-corrected chi connectivity index (χ3v) is 3.07. The molecule has 0 fully saturated rings. The Morgan fingerprint density at radius 3 is 2.16 bits per heavy atom. The van der Waals surface area contributed by atoms with Crippen molar-refractivity contribution >= 4 is 0 Å². The summed E-state index contributed by atoms with van der Waals surface area (Å²) in [5.74, 6) is -1.40. The molecule has 19 heavy (non-hydrogen) atoms. The van der Waals surface area contributed by atoms with Gasteiger partial charge in [0.1, 0.15) is 5.82 Å². The standard InChI is InChI=1S/C14H19F4N/c1-8(2)11-5-10(4-9(3)7-19)6-12(13(11)15)14(16,17)18/h5-6,8-9H,4,7,19H2,1-3H3. The Kier molecular flexibility index (Phi) is 4.96. The lowest BCUT2D eigenvalue weighted by molar-refractivity contribution is -0.140. The minimum absolute atomic E-state index is 0.0616. The van der Waals surface area contributed by atoms with Gasteiger partial charge < -0.3 is 5.73 Å². The zero-order valence-corrected chi connectivity index (χ0v) is 11.3. The van der Waals surface area contributed by atoms with Crippen molar-refractivity contribution in [1.82, 2.24) is 0 Å². The fourth-order valence-corrected chi connectivity index (χ4v) is 1.94. The molecule has 0 aliphatic carbocycles. The fraction of sp³-hybridized carbons (Fsp3) is 0.571. The average Bonchev–Trinajstić information content (AvgIpc) is 2.29. The smallest absolute Gasteiger partial charge is 0.330 e. The van der Waals surface area contributed by atoms with Crippen LogP contribution < -0.4 is 5.73 Å². The Hall–Kier alpha value is -1.10. The van der Waals surface area contributed by atoms with Gasteiger partial charge in [-0.05, 0) is 42.0 Å². The van der Waals surface area contributed by atoms with Crippen LogP contribution in [0.4, 0.5) is 17.6 Å². The summed E-state index contributed by atoms with van der Waals surface area (Å²) in [6.07, 6.45) is -4.25. The van der Waals surface area contributed by atoms with Crippen LogP contribution in [0.2, 0.25) is 0 Å². The molecule has 0 aliphatic rings. The summed E-state index contributed by atoms with van der Waals surface area (Å²) in [7, 11) is 0. The highest BCUT2D eigenvalue weighted by molar-refractivity contribution is 5.35. The molecule has 1 nitrogen and oxygen atoms in total. The summed E-state index contributed by atoms with van der Waals surface area (Å²) < 4.78 is 52.4. The summed E-state index contributed by atoms with van der Waals surface area (Å²) in [5.41, 5.74) is 4.88. The Balaban J connectivity index is 3.31. The van der Waals surface area contributed by atoms with Crippen molar-refractivity contribution in [2.24, 2.45) is 11.7 Å². The molecule has 1 unspecified atom stereocenters. The third-order valence-electron chi connectivity index (χ3n) is 3.07. The Labute approximate surface area is 110 Å². The van der Waals surface area contributed by atoms with Gasteiger partial charge in [-0.25, -0.2) is 4.39 Å². The van der Waals surface area contributed by atoms with Crippen LogP contribution in [0, 0.1) is 11.7 Å². The molecule has 0 bridgehead atoms. The maximum Gasteiger partial charge on any atom is 0.419 e. The zero-order valence-electron chi connectivity index (χ0n) is 11.3. The average molecular weight is 277 g/mol. The topological polar surface area (TPSA) is 26.0 Å². The largest absolute Gasteiger partial charge is 0.419 e. The van der Waals surface area contributed by atoms with Gasteiger partial charge in [0.15, 0.2) is 0 Å². The molecule has 108 valence electrons. The van der Waals surface area contributed by atoms with E-state index in [0.717, 1.165) is 6.07 Å². The molecule has 1 rings (SSSR count). The SMILES string of the molecule is CC(CN)Cc1cc(C(C)C)c(F)c(C(F)(F)F)c1. The van der Waals surface area contributed by atoms with Gasteiger partial charge in [-0.3, -0.25) is 0 Å². The van der Waals surface area contributed by atoms with Gasteiger partial charge in [0.2, 0.25) is 0 Å². The maximum atomic E-state index is 13.9. The molecule has 0 saturated heterocycles. The van der Waals surface area contributed by atoms with Crippen molar-refractivity contribution < 1.29 is 17.6 Å². The number of alkyl halides is 3. The molecule has 1 aromatic rings. The molecule has 0 aromatic heterocycles. The van der Waals surface area contributed by atoms with E-state index in [1.807, 2.05) is 6.92 Å². The van der Waals surface area contributed by atoms with Gasteiger partial charge in [0.25, 0.3) is 0 Å². The molecule has 5 heteroatoms. The normalized spacial score (nSPS) is 13.9. The molecule has 2 N–H and O–H groups in total. The van der Waals surface area contributed by atoms with Crippen LogP contribution in [-0.4, -0.2) is 6.54 Å². The fourth-order valence-electron chi connectivity index (χ4n) is 1.94. The van der Waals surface area contributed by atoms with Crippen LogP contribution >= 0.6 is 0 Å². The van der Waals surface area contributed by atoms with E-state index in [2.05, 4.69) is 0 Å². The van der Waals surface area contributed by atoms with Gasteiger partial charge in [-0.2, -0.15) is 13.2 Å². The number of halogens is 4. The number of benzene rings is 1. The number of hydrogen-bond acceptors (Lipinski definition) is 1. The molecule has 0 saturated carbocycles. The van der Waals surface area contributed by atoms with E-state index in [0.29, 0.717) is 18.5 Å². The Morgan fingerprint density at radius 2 is 1.74 bits per heavy atom. The van der Waals surface area contributed by atoms with Crippen LogP contribution in [0.25, 0.3) is 0 Å². The molecule has 1 atom stereocenters. The molecule has 0 amide bonds. The van der Waals surface area contributed by atoms with E-state index in [4.69, 9.17) is 5.73 Å². The first kappa shape index (κ1) is 16.0. The molecular weight excluding hydrogens is 258 g/mol. The minimum atomic E-state index is -4.67. The molecule has 0 aliphatic heterocycles. The number of hydrogen-bond donors (Lipinski definition) is 1. The van der Waals surface area contributed by atoms with Crippen LogP contribution in [0.5, 0.6) is 0 Å². The first-order valence-corrected chi connectivity index (χ1v) is 6.26. The monoisotopic (exact) mass is 277 g/mol. The Morgan fingerprint density at radius 1 is 1.16 bits per heavy atom. The van der Waals surface area contributed by atoms with Gasteiger partial charge in [0.05, 0.1) is 5.56 Å². The first-order chi connectivity index (χ1) is 8.66. The second-order valence-electron chi connectivity index (χ2n) is 5.24. The van der Waals surface area contributed by atoms with Crippen molar-refractivity contribution in [3.05, 3.63) is 34.6 Å². The van der Waals surface area contributed by atoms with E-state index < -0.39 is 17.6 Å². The summed E-state index contributed by atoms with van der Waals surface area (Å²) in [6, 6.07) is 2.41. The third kappa shape index (κ3) is 3.93. The molecule has 0 heterocycles. The van der Waals surface area contributed by atoms with E-state index in [1.54, 1.807) is 13.8 Å². The van der Waals surface area contributed by atoms with Gasteiger partial charge in [-0.1, -0.05) is 26.8 Å². The predicted octanol–water partition coefficient (Wildman–Crippen LogP) is 4.11. The highest BCUT2D eigenvalue weighted by Crippen LogP contribution is 2.35. The summed E-state index contributed by atoms with van der Waals surface area (Å²) >= 11 is 0. The van der Waals surface area contributed by atoms with E-state index in [9.17, 15) is 17.6 Å². The van der Waals surface area contributed by atoms with Crippen LogP contribution in [0.15, 0.2) is 12.1 Å². The van der Waals surface area contributed by atoms with Crippen molar-refractivity contribution in [2.45, 2.75) is 39.3 Å². The lowest BCUT2D eigenvalue weighted by Gasteiger charge is -2.17. The maximum absolute atomic E-state index is 13.9. The lowest BCUT2D eigenvalue weighted by Crippen LogP contribution is -2.16.